The van der Waals surface area contributed by atoms with Gasteiger partial charge in [0, 0.05) is 6.61 Å². The van der Waals surface area contributed by atoms with Crippen molar-refractivity contribution in [2.75, 3.05) is 13.2 Å². The van der Waals surface area contributed by atoms with Crippen LogP contribution in [-0.4, -0.2) is 25.4 Å². The lowest BCUT2D eigenvalue weighted by molar-refractivity contribution is -0.0294. The zero-order chi connectivity index (χ0) is 20.3. The van der Waals surface area contributed by atoms with Crippen LogP contribution >= 0.6 is 0 Å². The number of hydrogen-bond donors (Lipinski definition) is 0. The van der Waals surface area contributed by atoms with Crippen LogP contribution in [0.4, 0.5) is 0 Å². The molecular formula is C26H52O2. The van der Waals surface area contributed by atoms with Crippen LogP contribution in [-0.2, 0) is 9.47 Å². The maximum atomic E-state index is 6.03. The van der Waals surface area contributed by atoms with Crippen LogP contribution in [0.25, 0.3) is 0 Å². The van der Waals surface area contributed by atoms with Crippen LogP contribution in [0.5, 0.6) is 0 Å². The van der Waals surface area contributed by atoms with Crippen molar-refractivity contribution >= 4 is 0 Å². The molecule has 1 heterocycles. The lowest BCUT2D eigenvalue weighted by Crippen LogP contribution is -2.20. The van der Waals surface area contributed by atoms with Gasteiger partial charge >= 0.3 is 0 Å². The highest BCUT2D eigenvalue weighted by Crippen LogP contribution is 2.25. The molecule has 168 valence electrons. The van der Waals surface area contributed by atoms with Crippen molar-refractivity contribution in [3.8, 4) is 0 Å². The van der Waals surface area contributed by atoms with E-state index >= 15 is 0 Å². The van der Waals surface area contributed by atoms with Gasteiger partial charge in [-0.25, -0.2) is 0 Å². The first-order valence-corrected chi connectivity index (χ1v) is 13.0. The first-order valence-electron chi connectivity index (χ1n) is 13.0. The molecule has 1 fully saturated rings. The highest BCUT2D eigenvalue weighted by molar-refractivity contribution is 4.75. The molecule has 0 amide bonds. The Bertz CT molecular complexity index is 316. The summed E-state index contributed by atoms with van der Waals surface area (Å²) in [4.78, 5) is 0. The van der Waals surface area contributed by atoms with E-state index in [1.807, 2.05) is 0 Å². The maximum absolute atomic E-state index is 6.03. The molecule has 2 heteroatoms. The van der Waals surface area contributed by atoms with Crippen molar-refractivity contribution in [1.82, 2.24) is 0 Å². The van der Waals surface area contributed by atoms with E-state index in [0.717, 1.165) is 13.2 Å². The van der Waals surface area contributed by atoms with E-state index in [4.69, 9.17) is 9.47 Å². The summed E-state index contributed by atoms with van der Waals surface area (Å²) in [5, 5.41) is 0. The topological polar surface area (TPSA) is 18.5 Å². The summed E-state index contributed by atoms with van der Waals surface area (Å²) in [6.07, 6.45) is 26.0. The Balaban J connectivity index is 1.69. The summed E-state index contributed by atoms with van der Waals surface area (Å²) in [6, 6.07) is 0. The molecule has 0 bridgehead atoms. The van der Waals surface area contributed by atoms with E-state index < -0.39 is 0 Å². The third-order valence-corrected chi connectivity index (χ3v) is 6.33. The van der Waals surface area contributed by atoms with Gasteiger partial charge in [-0.2, -0.15) is 0 Å². The molecule has 1 aliphatic heterocycles. The number of hydrogen-bond acceptors (Lipinski definition) is 2. The normalized spacial score (nSPS) is 19.7. The van der Waals surface area contributed by atoms with Gasteiger partial charge in [0.15, 0.2) is 0 Å². The third-order valence-electron chi connectivity index (χ3n) is 6.33. The molecule has 0 N–H and O–H groups in total. The predicted octanol–water partition coefficient (Wildman–Crippen LogP) is 8.47. The highest BCUT2D eigenvalue weighted by atomic mass is 16.5. The van der Waals surface area contributed by atoms with Crippen LogP contribution in [0, 0.1) is 5.92 Å². The van der Waals surface area contributed by atoms with Crippen molar-refractivity contribution in [3.05, 3.63) is 0 Å². The Labute approximate surface area is 177 Å². The quantitative estimate of drug-likeness (QED) is 0.192. The van der Waals surface area contributed by atoms with Crippen molar-refractivity contribution < 1.29 is 9.47 Å². The Hall–Kier alpha value is -0.0800. The van der Waals surface area contributed by atoms with Crippen LogP contribution in [0.2, 0.25) is 0 Å². The van der Waals surface area contributed by atoms with Crippen LogP contribution in [0.3, 0.4) is 0 Å². The minimum Gasteiger partial charge on any atom is -0.379 e. The summed E-state index contributed by atoms with van der Waals surface area (Å²) in [6.45, 7) is 8.53. The molecule has 2 atom stereocenters. The summed E-state index contributed by atoms with van der Waals surface area (Å²) in [5.41, 5.74) is 0. The summed E-state index contributed by atoms with van der Waals surface area (Å²) < 4.78 is 11.9. The number of rotatable bonds is 20. The Morgan fingerprint density at radius 3 is 1.57 bits per heavy atom. The predicted molar refractivity (Wildman–Crippen MR) is 123 cm³/mol. The van der Waals surface area contributed by atoms with E-state index in [9.17, 15) is 0 Å². The summed E-state index contributed by atoms with van der Waals surface area (Å²) in [5.74, 6) is 0.644. The molecule has 1 saturated heterocycles. The second-order valence-corrected chi connectivity index (χ2v) is 9.50. The monoisotopic (exact) mass is 396 g/mol. The van der Waals surface area contributed by atoms with Gasteiger partial charge in [0.05, 0.1) is 18.8 Å². The highest BCUT2D eigenvalue weighted by Gasteiger charge is 2.27. The van der Waals surface area contributed by atoms with Gasteiger partial charge in [-0.1, -0.05) is 117 Å². The van der Waals surface area contributed by atoms with E-state index in [0.29, 0.717) is 18.1 Å². The lowest BCUT2D eigenvalue weighted by Gasteiger charge is -2.16. The molecular weight excluding hydrogens is 344 g/mol. The first kappa shape index (κ1) is 26.0. The minimum absolute atomic E-state index is 0.355. The Kier molecular flexibility index (Phi) is 17.5. The fourth-order valence-electron chi connectivity index (χ4n) is 4.31. The van der Waals surface area contributed by atoms with Gasteiger partial charge in [0.1, 0.15) is 0 Å². The summed E-state index contributed by atoms with van der Waals surface area (Å²) >= 11 is 0. The van der Waals surface area contributed by atoms with Crippen LogP contribution in [0.1, 0.15) is 136 Å². The lowest BCUT2D eigenvalue weighted by atomic mass is 10.0. The van der Waals surface area contributed by atoms with Crippen LogP contribution < -0.4 is 0 Å². The van der Waals surface area contributed by atoms with Crippen molar-refractivity contribution in [2.24, 2.45) is 5.92 Å². The fraction of sp³-hybridized carbons (Fsp3) is 1.00. The van der Waals surface area contributed by atoms with E-state index in [2.05, 4.69) is 20.8 Å². The molecule has 0 aromatic rings. The molecule has 0 aliphatic carbocycles. The molecule has 0 saturated carbocycles. The zero-order valence-electron chi connectivity index (χ0n) is 19.7. The average Bonchev–Trinajstić information content (AvgIpc) is 3.16. The van der Waals surface area contributed by atoms with Gasteiger partial charge in [-0.15, -0.1) is 0 Å². The molecule has 0 aromatic carbocycles. The number of ether oxygens (including phenoxy) is 2. The largest absolute Gasteiger partial charge is 0.379 e. The van der Waals surface area contributed by atoms with Crippen molar-refractivity contribution in [1.29, 1.82) is 0 Å². The van der Waals surface area contributed by atoms with Gasteiger partial charge in [-0.3, -0.25) is 0 Å². The fourth-order valence-corrected chi connectivity index (χ4v) is 4.31. The molecule has 0 spiro atoms. The number of unbranched alkanes of at least 4 members (excludes halogenated alkanes) is 15. The smallest absolute Gasteiger partial charge is 0.0813 e. The molecule has 0 radical (unpaired) electrons. The van der Waals surface area contributed by atoms with Crippen LogP contribution in [0.15, 0.2) is 0 Å². The van der Waals surface area contributed by atoms with E-state index in [1.54, 1.807) is 0 Å². The molecule has 0 aromatic heterocycles. The van der Waals surface area contributed by atoms with Gasteiger partial charge in [0.25, 0.3) is 0 Å². The summed E-state index contributed by atoms with van der Waals surface area (Å²) in [7, 11) is 0. The third kappa shape index (κ3) is 14.9. The molecule has 1 rings (SSSR count). The Morgan fingerprint density at radius 1 is 0.679 bits per heavy atom. The van der Waals surface area contributed by atoms with E-state index in [-0.39, 0.29) is 0 Å². The molecule has 1 aliphatic rings. The maximum Gasteiger partial charge on any atom is 0.0813 e. The molecule has 2 nitrogen and oxygen atoms in total. The van der Waals surface area contributed by atoms with E-state index in [1.165, 1.54) is 116 Å². The molecule has 0 unspecified atom stereocenters. The average molecular weight is 397 g/mol. The van der Waals surface area contributed by atoms with Crippen molar-refractivity contribution in [2.45, 2.75) is 149 Å². The minimum atomic E-state index is 0.355. The zero-order valence-corrected chi connectivity index (χ0v) is 19.7. The first-order chi connectivity index (χ1) is 13.7. The van der Waals surface area contributed by atoms with Gasteiger partial charge in [0.2, 0.25) is 0 Å². The standard InChI is InChI=1S/C26H52O2/c1-4-5-6-7-8-9-10-11-12-13-14-15-16-17-18-19-22-27-23-25-20-21-26(28-25)24(2)3/h24-26H,4-23H2,1-3H3/t25-,26-/m0/s1. The second kappa shape index (κ2) is 18.9. The Morgan fingerprint density at radius 2 is 1.14 bits per heavy atom. The van der Waals surface area contributed by atoms with Gasteiger partial charge in [-0.05, 0) is 25.2 Å². The SMILES string of the molecule is CCCCCCCCCCCCCCCCCCOC[C@@H]1CC[C@@H](C(C)C)O1. The van der Waals surface area contributed by atoms with Gasteiger partial charge < -0.3 is 9.47 Å². The molecule has 28 heavy (non-hydrogen) atoms. The van der Waals surface area contributed by atoms with Crippen molar-refractivity contribution in [3.63, 3.8) is 0 Å². The second-order valence-electron chi connectivity index (χ2n) is 9.50.